The van der Waals surface area contributed by atoms with E-state index in [0.29, 0.717) is 13.1 Å². The molecule has 6 heteroatoms. The van der Waals surface area contributed by atoms with Crippen molar-refractivity contribution in [2.45, 2.75) is 12.6 Å². The second kappa shape index (κ2) is 8.24. The average Bonchev–Trinajstić information content (AvgIpc) is 2.61. The number of carbonyl (C=O) groups excluding carboxylic acids is 1. The molecular formula is C18H21ClN4O. The summed E-state index contributed by atoms with van der Waals surface area (Å²) in [6, 6.07) is 11.8. The number of aromatic nitrogens is 1. The van der Waals surface area contributed by atoms with Crippen LogP contribution in [0, 0.1) is 0 Å². The number of amides is 1. The predicted octanol–water partition coefficient (Wildman–Crippen LogP) is 2.00. The van der Waals surface area contributed by atoms with Crippen molar-refractivity contribution in [1.29, 1.82) is 0 Å². The zero-order valence-electron chi connectivity index (χ0n) is 13.4. The normalized spacial score (nSPS) is 18.3. The van der Waals surface area contributed by atoms with Gasteiger partial charge in [-0.05, 0) is 29.3 Å². The summed E-state index contributed by atoms with van der Waals surface area (Å²) in [6.45, 7) is 3.40. The number of piperazine rings is 1. The number of nitrogens with zero attached hydrogens (tertiary/aromatic N) is 2. The third kappa shape index (κ3) is 4.54. The van der Waals surface area contributed by atoms with E-state index >= 15 is 0 Å². The summed E-state index contributed by atoms with van der Waals surface area (Å²) in [5.41, 5.74) is 2.13. The fourth-order valence-electron chi connectivity index (χ4n) is 2.92. The van der Waals surface area contributed by atoms with E-state index in [1.165, 1.54) is 0 Å². The molecule has 0 bridgehead atoms. The maximum atomic E-state index is 12.3. The number of pyridine rings is 1. The molecule has 1 aromatic heterocycles. The Morgan fingerprint density at radius 2 is 2.29 bits per heavy atom. The lowest BCUT2D eigenvalue weighted by atomic mass is 10.0. The molecule has 0 radical (unpaired) electrons. The first-order chi connectivity index (χ1) is 11.7. The van der Waals surface area contributed by atoms with Gasteiger partial charge in [0.1, 0.15) is 0 Å². The van der Waals surface area contributed by atoms with Gasteiger partial charge in [0.15, 0.2) is 0 Å². The van der Waals surface area contributed by atoms with Crippen molar-refractivity contribution in [3.05, 3.63) is 64.9 Å². The number of hydrogen-bond acceptors (Lipinski definition) is 4. The largest absolute Gasteiger partial charge is 0.351 e. The van der Waals surface area contributed by atoms with Crippen LogP contribution in [0.5, 0.6) is 0 Å². The lowest BCUT2D eigenvalue weighted by Crippen LogP contribution is -2.49. The van der Waals surface area contributed by atoms with Crippen LogP contribution in [-0.4, -0.2) is 42.0 Å². The molecule has 2 aromatic rings. The van der Waals surface area contributed by atoms with Crippen LogP contribution in [0.3, 0.4) is 0 Å². The summed E-state index contributed by atoms with van der Waals surface area (Å²) < 4.78 is 0. The minimum absolute atomic E-state index is 0.0211. The van der Waals surface area contributed by atoms with Crippen molar-refractivity contribution < 1.29 is 4.79 Å². The van der Waals surface area contributed by atoms with Crippen molar-refractivity contribution >= 4 is 17.5 Å². The van der Waals surface area contributed by atoms with Crippen LogP contribution < -0.4 is 10.6 Å². The summed E-state index contributed by atoms with van der Waals surface area (Å²) in [5, 5.41) is 7.07. The highest BCUT2D eigenvalue weighted by molar-refractivity contribution is 6.30. The molecule has 1 fully saturated rings. The molecule has 1 aliphatic heterocycles. The minimum Gasteiger partial charge on any atom is -0.351 e. The molecule has 0 saturated carbocycles. The maximum Gasteiger partial charge on any atom is 0.234 e. The Kier molecular flexibility index (Phi) is 5.80. The Hall–Kier alpha value is -1.95. The molecule has 1 saturated heterocycles. The second-order valence-corrected chi connectivity index (χ2v) is 6.32. The number of rotatable bonds is 5. The van der Waals surface area contributed by atoms with Gasteiger partial charge in [-0.25, -0.2) is 0 Å². The van der Waals surface area contributed by atoms with E-state index in [0.717, 1.165) is 35.8 Å². The van der Waals surface area contributed by atoms with Gasteiger partial charge >= 0.3 is 0 Å². The molecule has 5 nitrogen and oxygen atoms in total. The Balaban J connectivity index is 1.60. The number of halogens is 1. The topological polar surface area (TPSA) is 57.3 Å². The zero-order valence-corrected chi connectivity index (χ0v) is 14.2. The highest BCUT2D eigenvalue weighted by Gasteiger charge is 2.25. The van der Waals surface area contributed by atoms with Gasteiger partial charge in [0.05, 0.1) is 6.54 Å². The first-order valence-electron chi connectivity index (χ1n) is 8.08. The average molecular weight is 345 g/mol. The quantitative estimate of drug-likeness (QED) is 0.871. The van der Waals surface area contributed by atoms with Crippen LogP contribution >= 0.6 is 11.6 Å². The predicted molar refractivity (Wildman–Crippen MR) is 94.7 cm³/mol. The summed E-state index contributed by atoms with van der Waals surface area (Å²) in [5.74, 6) is 0.0211. The van der Waals surface area contributed by atoms with E-state index < -0.39 is 0 Å². The number of carbonyl (C=O) groups is 1. The van der Waals surface area contributed by atoms with Crippen LogP contribution in [0.1, 0.15) is 17.2 Å². The summed E-state index contributed by atoms with van der Waals surface area (Å²) >= 11 is 6.11. The molecule has 0 spiro atoms. The van der Waals surface area contributed by atoms with Gasteiger partial charge in [0.25, 0.3) is 0 Å². The van der Waals surface area contributed by atoms with Crippen molar-refractivity contribution in [3.8, 4) is 0 Å². The van der Waals surface area contributed by atoms with Crippen LogP contribution in [-0.2, 0) is 11.3 Å². The van der Waals surface area contributed by atoms with Crippen molar-refractivity contribution in [3.63, 3.8) is 0 Å². The van der Waals surface area contributed by atoms with Crippen molar-refractivity contribution in [1.82, 2.24) is 20.5 Å². The number of nitrogens with one attached hydrogen (secondary N) is 2. The molecule has 0 aliphatic carbocycles. The lowest BCUT2D eigenvalue weighted by molar-refractivity contribution is -0.123. The molecule has 1 unspecified atom stereocenters. The SMILES string of the molecule is O=C(CN1CCNCC1c1cccc(Cl)c1)NCc1cccnc1. The summed E-state index contributed by atoms with van der Waals surface area (Å²) in [7, 11) is 0. The number of benzene rings is 1. The van der Waals surface area contributed by atoms with E-state index in [1.54, 1.807) is 12.4 Å². The molecule has 1 amide bonds. The van der Waals surface area contributed by atoms with Gasteiger partial charge in [-0.1, -0.05) is 29.8 Å². The first kappa shape index (κ1) is 16.9. The van der Waals surface area contributed by atoms with Crippen LogP contribution in [0.4, 0.5) is 0 Å². The number of hydrogen-bond donors (Lipinski definition) is 2. The van der Waals surface area contributed by atoms with Gasteiger partial charge in [0, 0.05) is 49.6 Å². The molecule has 126 valence electrons. The van der Waals surface area contributed by atoms with E-state index in [2.05, 4.69) is 26.6 Å². The van der Waals surface area contributed by atoms with Gasteiger partial charge in [-0.3, -0.25) is 14.7 Å². The lowest BCUT2D eigenvalue weighted by Gasteiger charge is -2.36. The standard InChI is InChI=1S/C18H21ClN4O/c19-16-5-1-4-15(9-16)17-12-21-7-8-23(17)13-18(24)22-11-14-3-2-6-20-10-14/h1-6,9-10,17,21H,7-8,11-13H2,(H,22,24). The van der Waals surface area contributed by atoms with Crippen molar-refractivity contribution in [2.75, 3.05) is 26.2 Å². The summed E-state index contributed by atoms with van der Waals surface area (Å²) in [4.78, 5) is 18.6. The van der Waals surface area contributed by atoms with Gasteiger partial charge < -0.3 is 10.6 Å². The highest BCUT2D eigenvalue weighted by Crippen LogP contribution is 2.24. The second-order valence-electron chi connectivity index (χ2n) is 5.88. The molecule has 1 atom stereocenters. The minimum atomic E-state index is 0.0211. The third-order valence-electron chi connectivity index (χ3n) is 4.15. The van der Waals surface area contributed by atoms with Crippen LogP contribution in [0.15, 0.2) is 48.8 Å². The molecule has 1 aliphatic rings. The zero-order chi connectivity index (χ0) is 16.8. The third-order valence-corrected chi connectivity index (χ3v) is 4.38. The molecular weight excluding hydrogens is 324 g/mol. The molecule has 3 rings (SSSR count). The van der Waals surface area contributed by atoms with Crippen LogP contribution in [0.25, 0.3) is 0 Å². The van der Waals surface area contributed by atoms with Gasteiger partial charge in [-0.15, -0.1) is 0 Å². The van der Waals surface area contributed by atoms with E-state index in [9.17, 15) is 4.79 Å². The fourth-order valence-corrected chi connectivity index (χ4v) is 3.12. The molecule has 1 aromatic carbocycles. The van der Waals surface area contributed by atoms with Gasteiger partial charge in [0.2, 0.25) is 5.91 Å². The fraction of sp³-hybridized carbons (Fsp3) is 0.333. The maximum absolute atomic E-state index is 12.3. The highest BCUT2D eigenvalue weighted by atomic mass is 35.5. The Morgan fingerprint density at radius 1 is 1.38 bits per heavy atom. The molecule has 2 N–H and O–H groups in total. The Morgan fingerprint density at radius 3 is 3.08 bits per heavy atom. The Bertz CT molecular complexity index is 680. The van der Waals surface area contributed by atoms with Gasteiger partial charge in [-0.2, -0.15) is 0 Å². The first-order valence-corrected chi connectivity index (χ1v) is 8.46. The van der Waals surface area contributed by atoms with Crippen molar-refractivity contribution in [2.24, 2.45) is 0 Å². The van der Waals surface area contributed by atoms with E-state index in [-0.39, 0.29) is 11.9 Å². The van der Waals surface area contributed by atoms with Crippen LogP contribution in [0.2, 0.25) is 5.02 Å². The van der Waals surface area contributed by atoms with E-state index in [1.807, 2.05) is 30.3 Å². The Labute approximate surface area is 147 Å². The molecule has 2 heterocycles. The smallest absolute Gasteiger partial charge is 0.234 e. The van der Waals surface area contributed by atoms with E-state index in [4.69, 9.17) is 11.6 Å². The summed E-state index contributed by atoms with van der Waals surface area (Å²) in [6.07, 6.45) is 3.49. The monoisotopic (exact) mass is 344 g/mol. The molecule has 24 heavy (non-hydrogen) atoms.